The van der Waals surface area contributed by atoms with Crippen molar-refractivity contribution in [2.75, 3.05) is 20.2 Å². The molecule has 1 aromatic rings. The SMILES string of the molecule is COc1c(C(C)NC(=O)O)cc(Cl)c(Cl)c1C1CNC1. The van der Waals surface area contributed by atoms with E-state index in [2.05, 4.69) is 10.6 Å². The Bertz CT molecular complexity index is 533. The molecule has 1 heterocycles. The zero-order valence-electron chi connectivity index (χ0n) is 11.2. The lowest BCUT2D eigenvalue weighted by Crippen LogP contribution is -2.40. The number of nitrogens with one attached hydrogen (secondary N) is 2. The first-order chi connectivity index (χ1) is 9.45. The summed E-state index contributed by atoms with van der Waals surface area (Å²) >= 11 is 12.5. The van der Waals surface area contributed by atoms with Gasteiger partial charge in [0.05, 0.1) is 23.2 Å². The van der Waals surface area contributed by atoms with Crippen LogP contribution >= 0.6 is 23.2 Å². The van der Waals surface area contributed by atoms with Crippen LogP contribution in [0.5, 0.6) is 5.75 Å². The quantitative estimate of drug-likeness (QED) is 0.798. The summed E-state index contributed by atoms with van der Waals surface area (Å²) in [6.45, 7) is 3.34. The number of carbonyl (C=O) groups is 1. The minimum Gasteiger partial charge on any atom is -0.496 e. The molecule has 2 rings (SSSR count). The van der Waals surface area contributed by atoms with Gasteiger partial charge in [-0.05, 0) is 13.0 Å². The molecule has 3 N–H and O–H groups in total. The van der Waals surface area contributed by atoms with Crippen molar-refractivity contribution in [3.63, 3.8) is 0 Å². The third-order valence-electron chi connectivity index (χ3n) is 3.44. The van der Waals surface area contributed by atoms with Crippen LogP contribution < -0.4 is 15.4 Å². The molecule has 0 bridgehead atoms. The minimum atomic E-state index is -1.10. The summed E-state index contributed by atoms with van der Waals surface area (Å²) < 4.78 is 5.47. The second-order valence-corrected chi connectivity index (χ2v) is 5.52. The molecule has 0 radical (unpaired) electrons. The molecule has 0 saturated carbocycles. The van der Waals surface area contributed by atoms with Crippen molar-refractivity contribution >= 4 is 29.3 Å². The number of amides is 1. The van der Waals surface area contributed by atoms with Gasteiger partial charge < -0.3 is 20.5 Å². The summed E-state index contributed by atoms with van der Waals surface area (Å²) in [7, 11) is 1.55. The van der Waals surface area contributed by atoms with E-state index in [1.807, 2.05) is 0 Å². The highest BCUT2D eigenvalue weighted by atomic mass is 35.5. The van der Waals surface area contributed by atoms with Crippen LogP contribution in [0.15, 0.2) is 6.07 Å². The summed E-state index contributed by atoms with van der Waals surface area (Å²) in [4.78, 5) is 10.8. The van der Waals surface area contributed by atoms with Crippen LogP contribution in [0.2, 0.25) is 10.0 Å². The van der Waals surface area contributed by atoms with Crippen LogP contribution in [0.1, 0.15) is 30.0 Å². The lowest BCUT2D eigenvalue weighted by molar-refractivity contribution is 0.190. The van der Waals surface area contributed by atoms with Gasteiger partial charge in [0.2, 0.25) is 0 Å². The largest absolute Gasteiger partial charge is 0.496 e. The molecule has 1 saturated heterocycles. The molecule has 0 aromatic heterocycles. The Hall–Kier alpha value is -1.17. The van der Waals surface area contributed by atoms with E-state index < -0.39 is 12.1 Å². The number of carboxylic acid groups (broad SMARTS) is 1. The Morgan fingerprint density at radius 1 is 1.55 bits per heavy atom. The predicted octanol–water partition coefficient (Wildman–Crippen LogP) is 3.02. The van der Waals surface area contributed by atoms with Crippen molar-refractivity contribution in [3.05, 3.63) is 27.2 Å². The van der Waals surface area contributed by atoms with Crippen LogP contribution in [0, 0.1) is 0 Å². The molecule has 1 fully saturated rings. The van der Waals surface area contributed by atoms with Crippen molar-refractivity contribution in [1.29, 1.82) is 0 Å². The van der Waals surface area contributed by atoms with Crippen molar-refractivity contribution in [2.45, 2.75) is 18.9 Å². The highest BCUT2D eigenvalue weighted by molar-refractivity contribution is 6.42. The number of rotatable bonds is 4. The molecular formula is C13H16Cl2N2O3. The second kappa shape index (κ2) is 6.08. The van der Waals surface area contributed by atoms with Crippen molar-refractivity contribution in [3.8, 4) is 5.75 Å². The van der Waals surface area contributed by atoms with Crippen LogP contribution in [-0.2, 0) is 0 Å². The van der Waals surface area contributed by atoms with Gasteiger partial charge in [0, 0.05) is 30.1 Å². The Morgan fingerprint density at radius 2 is 2.20 bits per heavy atom. The van der Waals surface area contributed by atoms with E-state index in [-0.39, 0.29) is 5.92 Å². The lowest BCUT2D eigenvalue weighted by atomic mass is 9.89. The first-order valence-electron chi connectivity index (χ1n) is 6.21. The van der Waals surface area contributed by atoms with E-state index in [0.29, 0.717) is 21.4 Å². The first kappa shape index (κ1) is 15.2. The molecule has 20 heavy (non-hydrogen) atoms. The zero-order chi connectivity index (χ0) is 14.9. The van der Waals surface area contributed by atoms with Gasteiger partial charge >= 0.3 is 6.09 Å². The molecule has 1 aliphatic rings. The third kappa shape index (κ3) is 2.80. The second-order valence-electron chi connectivity index (χ2n) is 4.73. The van der Waals surface area contributed by atoms with Gasteiger partial charge in [-0.2, -0.15) is 0 Å². The van der Waals surface area contributed by atoms with E-state index >= 15 is 0 Å². The van der Waals surface area contributed by atoms with Crippen LogP contribution in [0.25, 0.3) is 0 Å². The maximum Gasteiger partial charge on any atom is 0.405 e. The Labute approximate surface area is 127 Å². The smallest absolute Gasteiger partial charge is 0.405 e. The van der Waals surface area contributed by atoms with Gasteiger partial charge in [0.15, 0.2) is 0 Å². The normalized spacial score (nSPS) is 16.4. The molecule has 1 amide bonds. The molecule has 1 aliphatic heterocycles. The fraction of sp³-hybridized carbons (Fsp3) is 0.462. The molecule has 1 unspecified atom stereocenters. The number of hydrogen-bond acceptors (Lipinski definition) is 3. The maximum absolute atomic E-state index is 10.8. The van der Waals surface area contributed by atoms with E-state index in [1.165, 1.54) is 0 Å². The monoisotopic (exact) mass is 318 g/mol. The topological polar surface area (TPSA) is 70.6 Å². The van der Waals surface area contributed by atoms with Crippen LogP contribution in [0.3, 0.4) is 0 Å². The molecule has 110 valence electrons. The standard InChI is InChI=1S/C13H16Cl2N2O3/c1-6(17-13(18)19)8-3-9(14)11(15)10(12(8)20-2)7-4-16-5-7/h3,6-7,16-17H,4-5H2,1-2H3,(H,18,19). The van der Waals surface area contributed by atoms with E-state index in [9.17, 15) is 4.79 Å². The van der Waals surface area contributed by atoms with E-state index in [4.69, 9.17) is 33.0 Å². The van der Waals surface area contributed by atoms with Gasteiger partial charge in [-0.15, -0.1) is 0 Å². The fourth-order valence-electron chi connectivity index (χ4n) is 2.32. The Kier molecular flexibility index (Phi) is 4.62. The number of benzene rings is 1. The molecule has 0 spiro atoms. The lowest BCUT2D eigenvalue weighted by Gasteiger charge is -2.31. The summed E-state index contributed by atoms with van der Waals surface area (Å²) in [5, 5.41) is 15.3. The van der Waals surface area contributed by atoms with Gasteiger partial charge in [-0.1, -0.05) is 23.2 Å². The molecule has 7 heteroatoms. The van der Waals surface area contributed by atoms with Gasteiger partial charge in [-0.25, -0.2) is 4.79 Å². The Balaban J connectivity index is 2.50. The highest BCUT2D eigenvalue weighted by Crippen LogP contribution is 2.43. The van der Waals surface area contributed by atoms with Crippen LogP contribution in [-0.4, -0.2) is 31.4 Å². The average Bonchev–Trinajstić information content (AvgIpc) is 2.31. The van der Waals surface area contributed by atoms with Gasteiger partial charge in [0.25, 0.3) is 0 Å². The van der Waals surface area contributed by atoms with Crippen molar-refractivity contribution in [1.82, 2.24) is 10.6 Å². The van der Waals surface area contributed by atoms with Gasteiger partial charge in [0.1, 0.15) is 5.75 Å². The molecule has 0 aliphatic carbocycles. The van der Waals surface area contributed by atoms with Gasteiger partial charge in [-0.3, -0.25) is 0 Å². The number of halogens is 2. The van der Waals surface area contributed by atoms with Crippen molar-refractivity contribution < 1.29 is 14.6 Å². The summed E-state index contributed by atoms with van der Waals surface area (Å²) in [5.74, 6) is 0.832. The average molecular weight is 319 g/mol. The first-order valence-corrected chi connectivity index (χ1v) is 6.97. The zero-order valence-corrected chi connectivity index (χ0v) is 12.7. The minimum absolute atomic E-state index is 0.229. The van der Waals surface area contributed by atoms with Crippen molar-refractivity contribution in [2.24, 2.45) is 0 Å². The third-order valence-corrected chi connectivity index (χ3v) is 4.24. The summed E-state index contributed by atoms with van der Waals surface area (Å²) in [5.41, 5.74) is 1.53. The number of ether oxygens (including phenoxy) is 1. The number of hydrogen-bond donors (Lipinski definition) is 3. The van der Waals surface area contributed by atoms with Crippen LogP contribution in [0.4, 0.5) is 4.79 Å². The Morgan fingerprint density at radius 3 is 2.65 bits per heavy atom. The van der Waals surface area contributed by atoms with E-state index in [0.717, 1.165) is 18.7 Å². The number of methoxy groups -OCH3 is 1. The molecule has 1 atom stereocenters. The predicted molar refractivity (Wildman–Crippen MR) is 78.2 cm³/mol. The molecule has 1 aromatic carbocycles. The summed E-state index contributed by atoms with van der Waals surface area (Å²) in [6, 6.07) is 1.21. The fourth-order valence-corrected chi connectivity index (χ4v) is 2.83. The highest BCUT2D eigenvalue weighted by Gasteiger charge is 2.29. The summed E-state index contributed by atoms with van der Waals surface area (Å²) in [6.07, 6.45) is -1.10. The molecular weight excluding hydrogens is 303 g/mol. The maximum atomic E-state index is 10.8. The molecule has 5 nitrogen and oxygen atoms in total. The van der Waals surface area contributed by atoms with E-state index in [1.54, 1.807) is 20.1 Å².